The van der Waals surface area contributed by atoms with E-state index in [1.165, 1.54) is 6.07 Å². The first kappa shape index (κ1) is 9.25. The molecule has 0 amide bonds. The normalized spacial score (nSPS) is 18.6. The molecule has 14 heavy (non-hydrogen) atoms. The van der Waals surface area contributed by atoms with Gasteiger partial charge >= 0.3 is 0 Å². The molecular weight excluding hydrogens is 177 g/mol. The largest absolute Gasteiger partial charge is 0.348 e. The Morgan fingerprint density at radius 1 is 1.36 bits per heavy atom. The number of fused-ring (bicyclic) bond motifs is 1. The van der Waals surface area contributed by atoms with Gasteiger partial charge in [0.25, 0.3) is 0 Å². The monoisotopic (exact) mass is 191 g/mol. The van der Waals surface area contributed by atoms with Crippen LogP contribution in [0.2, 0.25) is 0 Å². The Labute approximate surface area is 83.9 Å². The van der Waals surface area contributed by atoms with Gasteiger partial charge in [0.15, 0.2) is 0 Å². The molecule has 1 heterocycles. The molecule has 1 aliphatic rings. The van der Waals surface area contributed by atoms with Gasteiger partial charge in [-0.2, -0.15) is 0 Å². The number of allylic oxidation sites excluding steroid dienone is 1. The standard InChI is InChI=1S/C12H14FN/c1-8-12(2,3)10-7-9(13)5-6-11(10)14(8)4/h5-7H,1H2,2-4H3. The second-order valence-corrected chi connectivity index (χ2v) is 4.29. The van der Waals surface area contributed by atoms with E-state index in [1.54, 1.807) is 6.07 Å². The summed E-state index contributed by atoms with van der Waals surface area (Å²) in [6.45, 7) is 8.17. The number of hydrogen-bond donors (Lipinski definition) is 0. The van der Waals surface area contributed by atoms with Crippen molar-refractivity contribution < 1.29 is 4.39 Å². The minimum Gasteiger partial charge on any atom is -0.348 e. The highest BCUT2D eigenvalue weighted by atomic mass is 19.1. The smallest absolute Gasteiger partial charge is 0.123 e. The Bertz CT molecular complexity index is 407. The molecule has 1 aromatic rings. The lowest BCUT2D eigenvalue weighted by Crippen LogP contribution is -2.21. The molecule has 0 saturated heterocycles. The SMILES string of the molecule is C=C1N(C)c2ccc(F)cc2C1(C)C. The Hall–Kier alpha value is -1.31. The molecule has 0 saturated carbocycles. The maximum absolute atomic E-state index is 13.1. The molecule has 0 radical (unpaired) electrons. The minimum atomic E-state index is -0.181. The van der Waals surface area contributed by atoms with Gasteiger partial charge in [0.2, 0.25) is 0 Å². The zero-order valence-corrected chi connectivity index (χ0v) is 8.76. The second-order valence-electron chi connectivity index (χ2n) is 4.29. The van der Waals surface area contributed by atoms with E-state index in [2.05, 4.69) is 20.4 Å². The van der Waals surface area contributed by atoms with Crippen molar-refractivity contribution in [2.45, 2.75) is 19.3 Å². The molecule has 0 aliphatic carbocycles. The third-order valence-corrected chi connectivity index (χ3v) is 3.12. The van der Waals surface area contributed by atoms with Crippen LogP contribution in [0.5, 0.6) is 0 Å². The van der Waals surface area contributed by atoms with E-state index in [-0.39, 0.29) is 11.2 Å². The summed E-state index contributed by atoms with van der Waals surface area (Å²) >= 11 is 0. The van der Waals surface area contributed by atoms with Crippen molar-refractivity contribution in [2.24, 2.45) is 0 Å². The third kappa shape index (κ3) is 0.999. The fourth-order valence-electron chi connectivity index (χ4n) is 2.02. The lowest BCUT2D eigenvalue weighted by atomic mass is 9.84. The first-order valence-corrected chi connectivity index (χ1v) is 4.67. The molecule has 0 bridgehead atoms. The zero-order valence-electron chi connectivity index (χ0n) is 8.76. The van der Waals surface area contributed by atoms with Crippen LogP contribution in [0, 0.1) is 5.82 Å². The molecular formula is C12H14FN. The summed E-state index contributed by atoms with van der Waals surface area (Å²) in [6.07, 6.45) is 0. The molecule has 0 aromatic heterocycles. The van der Waals surface area contributed by atoms with Gasteiger partial charge in [-0.05, 0) is 23.8 Å². The molecule has 1 nitrogen and oxygen atoms in total. The molecule has 2 rings (SSSR count). The van der Waals surface area contributed by atoms with Gasteiger partial charge in [-0.15, -0.1) is 0 Å². The van der Waals surface area contributed by atoms with Gasteiger partial charge in [-0.25, -0.2) is 4.39 Å². The van der Waals surface area contributed by atoms with Crippen LogP contribution in [-0.4, -0.2) is 7.05 Å². The maximum atomic E-state index is 13.1. The van der Waals surface area contributed by atoms with Crippen LogP contribution in [0.25, 0.3) is 0 Å². The summed E-state index contributed by atoms with van der Waals surface area (Å²) in [5.74, 6) is -0.181. The molecule has 0 N–H and O–H groups in total. The predicted molar refractivity (Wildman–Crippen MR) is 57.0 cm³/mol. The Balaban J connectivity index is 2.69. The Morgan fingerprint density at radius 3 is 2.64 bits per heavy atom. The third-order valence-electron chi connectivity index (χ3n) is 3.12. The Kier molecular flexibility index (Phi) is 1.71. The molecule has 1 aliphatic heterocycles. The lowest BCUT2D eigenvalue weighted by molar-refractivity contribution is 0.607. The second kappa shape index (κ2) is 2.59. The topological polar surface area (TPSA) is 3.24 Å². The van der Waals surface area contributed by atoms with Crippen molar-refractivity contribution in [3.63, 3.8) is 0 Å². The van der Waals surface area contributed by atoms with E-state index >= 15 is 0 Å². The van der Waals surface area contributed by atoms with Crippen molar-refractivity contribution in [2.75, 3.05) is 11.9 Å². The molecule has 0 atom stereocenters. The summed E-state index contributed by atoms with van der Waals surface area (Å²) in [5.41, 5.74) is 2.93. The molecule has 1 aromatic carbocycles. The van der Waals surface area contributed by atoms with Crippen molar-refractivity contribution in [3.8, 4) is 0 Å². The zero-order chi connectivity index (χ0) is 10.5. The lowest BCUT2D eigenvalue weighted by Gasteiger charge is -2.22. The number of halogens is 1. The van der Waals surface area contributed by atoms with Crippen LogP contribution in [0.1, 0.15) is 19.4 Å². The van der Waals surface area contributed by atoms with Crippen LogP contribution < -0.4 is 4.90 Å². The van der Waals surface area contributed by atoms with Gasteiger partial charge < -0.3 is 4.90 Å². The first-order valence-electron chi connectivity index (χ1n) is 4.67. The molecule has 0 spiro atoms. The highest BCUT2D eigenvalue weighted by Gasteiger charge is 2.37. The summed E-state index contributed by atoms with van der Waals surface area (Å²) in [5, 5.41) is 0. The van der Waals surface area contributed by atoms with Crippen molar-refractivity contribution in [1.29, 1.82) is 0 Å². The summed E-state index contributed by atoms with van der Waals surface area (Å²) in [7, 11) is 1.97. The highest BCUT2D eigenvalue weighted by molar-refractivity contribution is 5.69. The number of hydrogen-bond acceptors (Lipinski definition) is 1. The van der Waals surface area contributed by atoms with E-state index in [0.29, 0.717) is 0 Å². The van der Waals surface area contributed by atoms with E-state index in [9.17, 15) is 4.39 Å². The molecule has 2 heteroatoms. The minimum absolute atomic E-state index is 0.161. The maximum Gasteiger partial charge on any atom is 0.123 e. The number of likely N-dealkylation sites (N-methyl/N-ethyl adjacent to an activating group) is 1. The van der Waals surface area contributed by atoms with Crippen LogP contribution in [0.4, 0.5) is 10.1 Å². The highest BCUT2D eigenvalue weighted by Crippen LogP contribution is 2.45. The first-order chi connectivity index (χ1) is 6.44. The molecule has 0 unspecified atom stereocenters. The van der Waals surface area contributed by atoms with Crippen LogP contribution >= 0.6 is 0 Å². The Morgan fingerprint density at radius 2 is 2.00 bits per heavy atom. The van der Waals surface area contributed by atoms with Crippen LogP contribution in [-0.2, 0) is 5.41 Å². The average molecular weight is 191 g/mol. The summed E-state index contributed by atoms with van der Waals surface area (Å²) in [4.78, 5) is 2.02. The number of rotatable bonds is 0. The molecule has 0 fully saturated rings. The van der Waals surface area contributed by atoms with Gasteiger partial charge in [-0.3, -0.25) is 0 Å². The van der Waals surface area contributed by atoms with E-state index in [1.807, 2.05) is 18.0 Å². The van der Waals surface area contributed by atoms with Gasteiger partial charge in [-0.1, -0.05) is 20.4 Å². The summed E-state index contributed by atoms with van der Waals surface area (Å²) < 4.78 is 13.1. The summed E-state index contributed by atoms with van der Waals surface area (Å²) in [6, 6.07) is 4.90. The van der Waals surface area contributed by atoms with Gasteiger partial charge in [0, 0.05) is 23.8 Å². The van der Waals surface area contributed by atoms with Crippen LogP contribution in [0.15, 0.2) is 30.5 Å². The van der Waals surface area contributed by atoms with E-state index in [4.69, 9.17) is 0 Å². The van der Waals surface area contributed by atoms with Gasteiger partial charge in [0.1, 0.15) is 5.82 Å². The number of benzene rings is 1. The van der Waals surface area contributed by atoms with Crippen molar-refractivity contribution >= 4 is 5.69 Å². The number of anilines is 1. The fourth-order valence-corrected chi connectivity index (χ4v) is 2.02. The van der Waals surface area contributed by atoms with Crippen molar-refractivity contribution in [1.82, 2.24) is 0 Å². The fraction of sp³-hybridized carbons (Fsp3) is 0.333. The van der Waals surface area contributed by atoms with E-state index < -0.39 is 0 Å². The quantitative estimate of drug-likeness (QED) is 0.609. The van der Waals surface area contributed by atoms with Gasteiger partial charge in [0.05, 0.1) is 0 Å². The predicted octanol–water partition coefficient (Wildman–Crippen LogP) is 3.07. The molecule has 74 valence electrons. The van der Waals surface area contributed by atoms with E-state index in [0.717, 1.165) is 16.9 Å². The number of nitrogens with zero attached hydrogens (tertiary/aromatic N) is 1. The average Bonchev–Trinajstić information content (AvgIpc) is 2.29. The van der Waals surface area contributed by atoms with Crippen LogP contribution in [0.3, 0.4) is 0 Å². The van der Waals surface area contributed by atoms with Crippen molar-refractivity contribution in [3.05, 3.63) is 41.9 Å².